The minimum Gasteiger partial charge on any atom is -0.344 e. The molecule has 0 radical (unpaired) electrons. The summed E-state index contributed by atoms with van der Waals surface area (Å²) in [5, 5.41) is 5.16. The van der Waals surface area contributed by atoms with Gasteiger partial charge >= 0.3 is 0 Å². The molecule has 1 aliphatic heterocycles. The normalized spacial score (nSPS) is 18.1. The molecule has 7 heteroatoms. The van der Waals surface area contributed by atoms with Crippen molar-refractivity contribution in [2.75, 3.05) is 24.5 Å². The summed E-state index contributed by atoms with van der Waals surface area (Å²) in [5.41, 5.74) is 0.797. The van der Waals surface area contributed by atoms with Gasteiger partial charge in [0.25, 0.3) is 0 Å². The Balaban J connectivity index is 1.97. The molecule has 1 unspecified atom stereocenters. The fourth-order valence-electron chi connectivity index (χ4n) is 3.20. The first-order chi connectivity index (χ1) is 10.7. The number of hydrogen-bond donors (Lipinski definition) is 0. The van der Waals surface area contributed by atoms with Crippen LogP contribution in [0.15, 0.2) is 12.5 Å². The maximum atomic E-state index is 12.8. The van der Waals surface area contributed by atoms with Crippen LogP contribution in [0.3, 0.4) is 0 Å². The molecule has 7 nitrogen and oxygen atoms in total. The maximum Gasteiger partial charge on any atom is 0.245 e. The van der Waals surface area contributed by atoms with Gasteiger partial charge in [0.15, 0.2) is 5.65 Å². The van der Waals surface area contributed by atoms with Crippen molar-refractivity contribution in [3.63, 3.8) is 0 Å². The molecule has 2 aromatic heterocycles. The monoisotopic (exact) mass is 302 g/mol. The molecule has 2 aromatic rings. The second-order valence-electron chi connectivity index (χ2n) is 5.56. The van der Waals surface area contributed by atoms with E-state index in [1.165, 1.54) is 0 Å². The van der Waals surface area contributed by atoms with Crippen molar-refractivity contribution in [2.45, 2.75) is 32.7 Å². The van der Waals surface area contributed by atoms with E-state index in [0.717, 1.165) is 49.3 Å². The third-order valence-electron chi connectivity index (χ3n) is 4.39. The first-order valence-corrected chi connectivity index (χ1v) is 7.85. The molecule has 3 rings (SSSR count). The molecule has 0 N–H and O–H groups in total. The Morgan fingerprint density at radius 1 is 1.36 bits per heavy atom. The molecule has 1 saturated heterocycles. The van der Waals surface area contributed by atoms with E-state index in [1.54, 1.807) is 17.2 Å². The first-order valence-electron chi connectivity index (χ1n) is 7.85. The van der Waals surface area contributed by atoms with Gasteiger partial charge in [-0.2, -0.15) is 5.10 Å². The fraction of sp³-hybridized carbons (Fsp3) is 0.600. The average molecular weight is 302 g/mol. The van der Waals surface area contributed by atoms with Gasteiger partial charge in [0, 0.05) is 26.7 Å². The number of aryl methyl sites for hydroxylation is 1. The quantitative estimate of drug-likeness (QED) is 0.849. The van der Waals surface area contributed by atoms with E-state index in [-0.39, 0.29) is 11.9 Å². The summed E-state index contributed by atoms with van der Waals surface area (Å²) in [5.74, 6) is 1.01. The Morgan fingerprint density at radius 2 is 2.14 bits per heavy atom. The molecule has 1 amide bonds. The fourth-order valence-corrected chi connectivity index (χ4v) is 3.20. The summed E-state index contributed by atoms with van der Waals surface area (Å²) in [6.45, 7) is 6.37. The zero-order chi connectivity index (χ0) is 15.7. The predicted octanol–water partition coefficient (Wildman–Crippen LogP) is 1.20. The molecule has 118 valence electrons. The second kappa shape index (κ2) is 5.90. The zero-order valence-corrected chi connectivity index (χ0v) is 13.4. The van der Waals surface area contributed by atoms with Crippen LogP contribution in [0.5, 0.6) is 0 Å². The Bertz CT molecular complexity index is 678. The molecule has 0 spiro atoms. The molecule has 1 fully saturated rings. The third kappa shape index (κ3) is 2.30. The molecule has 1 atom stereocenters. The van der Waals surface area contributed by atoms with Gasteiger partial charge in [-0.15, -0.1) is 0 Å². The van der Waals surface area contributed by atoms with Gasteiger partial charge in [-0.05, 0) is 26.7 Å². The van der Waals surface area contributed by atoms with Crippen LogP contribution in [0, 0.1) is 0 Å². The lowest BCUT2D eigenvalue weighted by atomic mass is 10.2. The van der Waals surface area contributed by atoms with Crippen molar-refractivity contribution in [1.82, 2.24) is 24.6 Å². The SMILES string of the molecule is CCN(CC)C(=O)C1CCCN1c1ncnc2c1cnn2C. The lowest BCUT2D eigenvalue weighted by molar-refractivity contribution is -0.132. The van der Waals surface area contributed by atoms with Crippen molar-refractivity contribution in [2.24, 2.45) is 7.05 Å². The highest BCUT2D eigenvalue weighted by molar-refractivity contribution is 5.91. The molecule has 22 heavy (non-hydrogen) atoms. The number of fused-ring (bicyclic) bond motifs is 1. The number of carbonyl (C=O) groups excluding carboxylic acids is 1. The molecule has 3 heterocycles. The Labute approximate surface area is 129 Å². The van der Waals surface area contributed by atoms with Crippen molar-refractivity contribution < 1.29 is 4.79 Å². The van der Waals surface area contributed by atoms with E-state index in [2.05, 4.69) is 20.0 Å². The number of hydrogen-bond acceptors (Lipinski definition) is 5. The van der Waals surface area contributed by atoms with E-state index in [9.17, 15) is 4.79 Å². The highest BCUT2D eigenvalue weighted by Gasteiger charge is 2.34. The number of likely N-dealkylation sites (N-methyl/N-ethyl adjacent to an activating group) is 1. The van der Waals surface area contributed by atoms with Crippen LogP contribution in [0.1, 0.15) is 26.7 Å². The number of nitrogens with zero attached hydrogens (tertiary/aromatic N) is 6. The second-order valence-corrected chi connectivity index (χ2v) is 5.56. The number of anilines is 1. The molecule has 0 bridgehead atoms. The highest BCUT2D eigenvalue weighted by atomic mass is 16.2. The molecular weight excluding hydrogens is 280 g/mol. The van der Waals surface area contributed by atoms with Crippen molar-refractivity contribution >= 4 is 22.8 Å². The number of aromatic nitrogens is 4. The smallest absolute Gasteiger partial charge is 0.245 e. The van der Waals surface area contributed by atoms with Crippen LogP contribution in [0.25, 0.3) is 11.0 Å². The van der Waals surface area contributed by atoms with Gasteiger partial charge in [0.1, 0.15) is 18.2 Å². The number of carbonyl (C=O) groups is 1. The summed E-state index contributed by atoms with van der Waals surface area (Å²) < 4.78 is 1.73. The molecular formula is C15H22N6O. The summed E-state index contributed by atoms with van der Waals surface area (Å²) >= 11 is 0. The number of rotatable bonds is 4. The van der Waals surface area contributed by atoms with Crippen LogP contribution < -0.4 is 4.90 Å². The minimum absolute atomic E-state index is 0.127. The molecule has 0 aliphatic carbocycles. The van der Waals surface area contributed by atoms with Crippen molar-refractivity contribution in [1.29, 1.82) is 0 Å². The zero-order valence-electron chi connectivity index (χ0n) is 13.4. The minimum atomic E-state index is -0.127. The summed E-state index contributed by atoms with van der Waals surface area (Å²) in [6, 6.07) is -0.127. The van der Waals surface area contributed by atoms with Crippen LogP contribution in [0.4, 0.5) is 5.82 Å². The van der Waals surface area contributed by atoms with Crippen LogP contribution >= 0.6 is 0 Å². The van der Waals surface area contributed by atoms with Crippen molar-refractivity contribution in [3.8, 4) is 0 Å². The van der Waals surface area contributed by atoms with E-state index >= 15 is 0 Å². The van der Waals surface area contributed by atoms with Crippen molar-refractivity contribution in [3.05, 3.63) is 12.5 Å². The summed E-state index contributed by atoms with van der Waals surface area (Å²) in [4.78, 5) is 25.5. The van der Waals surface area contributed by atoms with Gasteiger partial charge in [-0.1, -0.05) is 0 Å². The van der Waals surface area contributed by atoms with Gasteiger partial charge in [-0.25, -0.2) is 9.97 Å². The Morgan fingerprint density at radius 3 is 2.86 bits per heavy atom. The highest BCUT2D eigenvalue weighted by Crippen LogP contribution is 2.30. The van der Waals surface area contributed by atoms with E-state index in [1.807, 2.05) is 25.8 Å². The van der Waals surface area contributed by atoms with Crippen LogP contribution in [-0.4, -0.2) is 56.2 Å². The lowest BCUT2D eigenvalue weighted by Crippen LogP contribution is -2.46. The largest absolute Gasteiger partial charge is 0.344 e. The van der Waals surface area contributed by atoms with Gasteiger partial charge < -0.3 is 9.80 Å². The first kappa shape index (κ1) is 14.7. The molecule has 0 saturated carbocycles. The average Bonchev–Trinajstić information content (AvgIpc) is 3.15. The molecule has 0 aromatic carbocycles. The van der Waals surface area contributed by atoms with E-state index in [0.29, 0.717) is 0 Å². The Kier molecular flexibility index (Phi) is 3.96. The predicted molar refractivity (Wildman–Crippen MR) is 84.6 cm³/mol. The van der Waals surface area contributed by atoms with Gasteiger partial charge in [-0.3, -0.25) is 9.48 Å². The summed E-state index contributed by atoms with van der Waals surface area (Å²) in [7, 11) is 1.86. The standard InChI is InChI=1S/C15H22N6O/c1-4-20(5-2)15(22)12-7-6-8-21(12)14-11-9-18-19(3)13(11)16-10-17-14/h9-10,12H,4-8H2,1-3H3. The summed E-state index contributed by atoms with van der Waals surface area (Å²) in [6.07, 6.45) is 5.21. The lowest BCUT2D eigenvalue weighted by Gasteiger charge is -2.29. The van der Waals surface area contributed by atoms with E-state index < -0.39 is 0 Å². The van der Waals surface area contributed by atoms with Crippen LogP contribution in [-0.2, 0) is 11.8 Å². The van der Waals surface area contributed by atoms with Crippen LogP contribution in [0.2, 0.25) is 0 Å². The third-order valence-corrected chi connectivity index (χ3v) is 4.39. The Hall–Kier alpha value is -2.18. The topological polar surface area (TPSA) is 67.2 Å². The van der Waals surface area contributed by atoms with Gasteiger partial charge in [0.05, 0.1) is 11.6 Å². The van der Waals surface area contributed by atoms with Gasteiger partial charge in [0.2, 0.25) is 5.91 Å². The molecule has 1 aliphatic rings. The number of amides is 1. The van der Waals surface area contributed by atoms with E-state index in [4.69, 9.17) is 0 Å². The maximum absolute atomic E-state index is 12.8.